The summed E-state index contributed by atoms with van der Waals surface area (Å²) in [5.41, 5.74) is -0.620. The summed E-state index contributed by atoms with van der Waals surface area (Å²) < 4.78 is 26.9. The van der Waals surface area contributed by atoms with Gasteiger partial charge in [0.05, 0.1) is 10.5 Å². The molecule has 1 aliphatic carbocycles. The number of halogens is 1. The molecule has 1 amide bonds. The zero-order valence-electron chi connectivity index (χ0n) is 14.7. The van der Waals surface area contributed by atoms with Crippen LogP contribution in [0.25, 0.3) is 0 Å². The standard InChI is InChI=1S/C18H25ClN2O4S/c19-15-4-6-16(7-5-15)26(24,25)20-11-8-17(22)21-12-10-18(23)9-2-1-3-14(18)13-21/h4-7,14,20,23H,1-3,8-13H2/t14-,18+/m1/s1. The molecule has 3 rings (SSSR count). The summed E-state index contributed by atoms with van der Waals surface area (Å²) in [7, 11) is -3.65. The van der Waals surface area contributed by atoms with E-state index < -0.39 is 15.6 Å². The lowest BCUT2D eigenvalue weighted by atomic mass is 9.71. The summed E-state index contributed by atoms with van der Waals surface area (Å²) in [6, 6.07) is 5.89. The predicted molar refractivity (Wildman–Crippen MR) is 99.4 cm³/mol. The molecule has 0 radical (unpaired) electrons. The minimum atomic E-state index is -3.65. The lowest BCUT2D eigenvalue weighted by Crippen LogP contribution is -2.54. The van der Waals surface area contributed by atoms with Crippen LogP contribution < -0.4 is 4.72 Å². The fraction of sp³-hybridized carbons (Fsp3) is 0.611. The van der Waals surface area contributed by atoms with Crippen molar-refractivity contribution >= 4 is 27.5 Å². The van der Waals surface area contributed by atoms with Gasteiger partial charge in [0.1, 0.15) is 0 Å². The van der Waals surface area contributed by atoms with Crippen LogP contribution in [0.4, 0.5) is 0 Å². The van der Waals surface area contributed by atoms with Crippen LogP contribution >= 0.6 is 11.6 Å². The van der Waals surface area contributed by atoms with Crippen LogP contribution in [0, 0.1) is 5.92 Å². The van der Waals surface area contributed by atoms with Gasteiger partial charge in [0.15, 0.2) is 0 Å². The molecule has 26 heavy (non-hydrogen) atoms. The second kappa shape index (κ2) is 7.84. The Balaban J connectivity index is 1.50. The number of hydrogen-bond acceptors (Lipinski definition) is 4. The first-order chi connectivity index (χ1) is 12.3. The first-order valence-electron chi connectivity index (χ1n) is 9.06. The van der Waals surface area contributed by atoms with Crippen molar-refractivity contribution in [1.29, 1.82) is 0 Å². The normalized spacial score (nSPS) is 26.4. The Bertz CT molecular complexity index is 753. The maximum Gasteiger partial charge on any atom is 0.240 e. The van der Waals surface area contributed by atoms with E-state index in [4.69, 9.17) is 11.6 Å². The van der Waals surface area contributed by atoms with E-state index in [0.29, 0.717) is 24.5 Å². The van der Waals surface area contributed by atoms with E-state index in [1.165, 1.54) is 24.3 Å². The van der Waals surface area contributed by atoms with Crippen LogP contribution in [0.3, 0.4) is 0 Å². The SMILES string of the molecule is O=C(CCNS(=O)(=O)c1ccc(Cl)cc1)N1CC[C@@]2(O)CCCC[C@@H]2C1. The number of piperidine rings is 1. The zero-order valence-corrected chi connectivity index (χ0v) is 16.2. The Kier molecular flexibility index (Phi) is 5.91. The van der Waals surface area contributed by atoms with Gasteiger partial charge in [-0.25, -0.2) is 13.1 Å². The Hall–Kier alpha value is -1.15. The highest BCUT2D eigenvalue weighted by atomic mass is 35.5. The molecule has 2 N–H and O–H groups in total. The van der Waals surface area contributed by atoms with Crippen LogP contribution in [0.15, 0.2) is 29.2 Å². The third-order valence-corrected chi connectivity index (χ3v) is 7.26. The number of sulfonamides is 1. The molecule has 2 fully saturated rings. The Morgan fingerprint density at radius 2 is 2.00 bits per heavy atom. The molecular weight excluding hydrogens is 376 g/mol. The Morgan fingerprint density at radius 3 is 2.73 bits per heavy atom. The number of likely N-dealkylation sites (tertiary alicyclic amines) is 1. The number of carbonyl (C=O) groups is 1. The fourth-order valence-electron chi connectivity index (χ4n) is 3.94. The van der Waals surface area contributed by atoms with Gasteiger partial charge in [0.2, 0.25) is 15.9 Å². The predicted octanol–water partition coefficient (Wildman–Crippen LogP) is 2.16. The number of fused-ring (bicyclic) bond motifs is 1. The van der Waals surface area contributed by atoms with E-state index in [1.807, 2.05) is 0 Å². The Labute approximate surface area is 159 Å². The van der Waals surface area contributed by atoms with Crippen molar-refractivity contribution in [2.45, 2.75) is 49.0 Å². The van der Waals surface area contributed by atoms with Crippen LogP contribution in [-0.2, 0) is 14.8 Å². The quantitative estimate of drug-likeness (QED) is 0.792. The molecule has 1 aliphatic heterocycles. The van der Waals surface area contributed by atoms with Crippen LogP contribution in [0.5, 0.6) is 0 Å². The number of carbonyl (C=O) groups excluding carboxylic acids is 1. The van der Waals surface area contributed by atoms with Crippen molar-refractivity contribution in [2.75, 3.05) is 19.6 Å². The van der Waals surface area contributed by atoms with E-state index in [-0.39, 0.29) is 29.7 Å². The maximum atomic E-state index is 12.4. The molecule has 144 valence electrons. The van der Waals surface area contributed by atoms with Gasteiger partial charge in [-0.2, -0.15) is 0 Å². The summed E-state index contributed by atoms with van der Waals surface area (Å²) >= 11 is 5.77. The average Bonchev–Trinajstić information content (AvgIpc) is 2.61. The third kappa shape index (κ3) is 4.39. The summed E-state index contributed by atoms with van der Waals surface area (Å²) in [6.45, 7) is 1.16. The van der Waals surface area contributed by atoms with Crippen molar-refractivity contribution in [3.05, 3.63) is 29.3 Å². The summed E-state index contributed by atoms with van der Waals surface area (Å²) in [6.07, 6.45) is 4.63. The molecular formula is C18H25ClN2O4S. The van der Waals surface area contributed by atoms with Crippen LogP contribution in [0.1, 0.15) is 38.5 Å². The zero-order chi connectivity index (χ0) is 18.8. The molecule has 1 heterocycles. The lowest BCUT2D eigenvalue weighted by molar-refractivity contribution is -0.143. The molecule has 1 aromatic carbocycles. The highest BCUT2D eigenvalue weighted by Gasteiger charge is 2.43. The van der Waals surface area contributed by atoms with Gasteiger partial charge >= 0.3 is 0 Å². The number of amides is 1. The highest BCUT2D eigenvalue weighted by Crippen LogP contribution is 2.39. The van der Waals surface area contributed by atoms with E-state index in [2.05, 4.69) is 4.72 Å². The van der Waals surface area contributed by atoms with E-state index in [1.54, 1.807) is 4.90 Å². The van der Waals surface area contributed by atoms with E-state index in [9.17, 15) is 18.3 Å². The molecule has 1 saturated carbocycles. The molecule has 0 spiro atoms. The number of rotatable bonds is 5. The van der Waals surface area contributed by atoms with Gasteiger partial charge in [-0.05, 0) is 43.5 Å². The number of benzene rings is 1. The van der Waals surface area contributed by atoms with Gasteiger partial charge in [-0.1, -0.05) is 24.4 Å². The number of nitrogens with one attached hydrogen (secondary N) is 1. The molecule has 8 heteroatoms. The molecule has 1 saturated heterocycles. The second-order valence-electron chi connectivity index (χ2n) is 7.24. The van der Waals surface area contributed by atoms with Crippen LogP contribution in [-0.4, -0.2) is 49.6 Å². The van der Waals surface area contributed by atoms with Crippen molar-refractivity contribution in [3.63, 3.8) is 0 Å². The van der Waals surface area contributed by atoms with Crippen molar-refractivity contribution in [3.8, 4) is 0 Å². The molecule has 2 atom stereocenters. The first kappa shape index (κ1) is 19.6. The van der Waals surface area contributed by atoms with E-state index >= 15 is 0 Å². The fourth-order valence-corrected chi connectivity index (χ4v) is 5.10. The van der Waals surface area contributed by atoms with Gasteiger partial charge < -0.3 is 10.0 Å². The van der Waals surface area contributed by atoms with Crippen LogP contribution in [0.2, 0.25) is 5.02 Å². The number of hydrogen-bond donors (Lipinski definition) is 2. The summed E-state index contributed by atoms with van der Waals surface area (Å²) in [4.78, 5) is 14.3. The highest BCUT2D eigenvalue weighted by molar-refractivity contribution is 7.89. The molecule has 0 unspecified atom stereocenters. The van der Waals surface area contributed by atoms with Crippen molar-refractivity contribution in [1.82, 2.24) is 9.62 Å². The molecule has 2 aliphatic rings. The average molecular weight is 401 g/mol. The van der Waals surface area contributed by atoms with Gasteiger partial charge in [-0.15, -0.1) is 0 Å². The monoisotopic (exact) mass is 400 g/mol. The van der Waals surface area contributed by atoms with E-state index in [0.717, 1.165) is 25.7 Å². The topological polar surface area (TPSA) is 86.7 Å². The third-order valence-electron chi connectivity index (χ3n) is 5.54. The minimum Gasteiger partial charge on any atom is -0.389 e. The first-order valence-corrected chi connectivity index (χ1v) is 10.9. The lowest BCUT2D eigenvalue weighted by Gasteiger charge is -2.47. The summed E-state index contributed by atoms with van der Waals surface area (Å²) in [5.74, 6) is 0.0659. The van der Waals surface area contributed by atoms with Gasteiger partial charge in [0.25, 0.3) is 0 Å². The molecule has 0 aromatic heterocycles. The van der Waals surface area contributed by atoms with Crippen molar-refractivity contribution < 1.29 is 18.3 Å². The molecule has 0 bridgehead atoms. The van der Waals surface area contributed by atoms with Crippen molar-refractivity contribution in [2.24, 2.45) is 5.92 Å². The second-order valence-corrected chi connectivity index (χ2v) is 9.44. The summed E-state index contributed by atoms with van der Waals surface area (Å²) in [5, 5.41) is 11.1. The van der Waals surface area contributed by atoms with Gasteiger partial charge in [-0.3, -0.25) is 4.79 Å². The largest absolute Gasteiger partial charge is 0.389 e. The molecule has 6 nitrogen and oxygen atoms in total. The maximum absolute atomic E-state index is 12.4. The number of aliphatic hydroxyl groups is 1. The smallest absolute Gasteiger partial charge is 0.240 e. The Morgan fingerprint density at radius 1 is 1.27 bits per heavy atom. The number of nitrogens with zero attached hydrogens (tertiary/aromatic N) is 1. The van der Waals surface area contributed by atoms with Gasteiger partial charge in [0, 0.05) is 37.0 Å². The minimum absolute atomic E-state index is 0.0508. The molecule has 1 aromatic rings.